The summed E-state index contributed by atoms with van der Waals surface area (Å²) < 4.78 is 11.9. The first kappa shape index (κ1) is 21.9. The van der Waals surface area contributed by atoms with E-state index in [2.05, 4.69) is 26.6 Å². The van der Waals surface area contributed by atoms with Crippen LogP contribution < -0.4 is 20.1 Å². The zero-order valence-electron chi connectivity index (χ0n) is 17.9. The van der Waals surface area contributed by atoms with Gasteiger partial charge < -0.3 is 20.1 Å². The fourth-order valence-electron chi connectivity index (χ4n) is 3.67. The van der Waals surface area contributed by atoms with E-state index < -0.39 is 0 Å². The molecule has 1 aliphatic rings. The molecule has 3 aromatic rings. The molecule has 0 saturated heterocycles. The Balaban J connectivity index is 1.42. The van der Waals surface area contributed by atoms with Crippen LogP contribution in [0.4, 0.5) is 16.2 Å². The van der Waals surface area contributed by atoms with E-state index in [-0.39, 0.29) is 6.03 Å². The quantitative estimate of drug-likeness (QED) is 0.462. The first-order chi connectivity index (χ1) is 15.6. The number of halogens is 1. The highest BCUT2D eigenvalue weighted by atomic mass is 79.9. The predicted molar refractivity (Wildman–Crippen MR) is 132 cm³/mol. The average molecular weight is 494 g/mol. The van der Waals surface area contributed by atoms with Gasteiger partial charge in [-0.05, 0) is 66.1 Å². The van der Waals surface area contributed by atoms with Crippen LogP contribution in [0.2, 0.25) is 0 Å². The molecule has 0 aromatic heterocycles. The summed E-state index contributed by atoms with van der Waals surface area (Å²) >= 11 is 3.38. The highest BCUT2D eigenvalue weighted by molar-refractivity contribution is 9.10. The van der Waals surface area contributed by atoms with Gasteiger partial charge in [0.25, 0.3) is 0 Å². The Hall–Kier alpha value is -3.32. The Morgan fingerprint density at radius 1 is 0.938 bits per heavy atom. The lowest BCUT2D eigenvalue weighted by Gasteiger charge is -2.20. The highest BCUT2D eigenvalue weighted by Crippen LogP contribution is 2.33. The molecular formula is C25H24BrN3O3. The summed E-state index contributed by atoms with van der Waals surface area (Å²) in [5, 5.41) is 5.67. The summed E-state index contributed by atoms with van der Waals surface area (Å²) in [4.78, 5) is 17.0. The van der Waals surface area contributed by atoms with Gasteiger partial charge >= 0.3 is 6.03 Å². The molecule has 7 heteroatoms. The van der Waals surface area contributed by atoms with Crippen molar-refractivity contribution in [3.63, 3.8) is 0 Å². The van der Waals surface area contributed by atoms with Gasteiger partial charge in [-0.15, -0.1) is 0 Å². The molecule has 0 radical (unpaired) electrons. The molecule has 4 rings (SSSR count). The third-order valence-electron chi connectivity index (χ3n) is 5.29. The number of ether oxygens (including phenoxy) is 2. The van der Waals surface area contributed by atoms with E-state index in [0.717, 1.165) is 51.4 Å². The molecule has 0 saturated carbocycles. The number of carbonyl (C=O) groups excluding carboxylic acids is 1. The summed E-state index contributed by atoms with van der Waals surface area (Å²) in [6, 6.07) is 19.0. The van der Waals surface area contributed by atoms with Crippen molar-refractivity contribution in [3.05, 3.63) is 81.8 Å². The predicted octanol–water partition coefficient (Wildman–Crippen LogP) is 5.70. The van der Waals surface area contributed by atoms with Crippen molar-refractivity contribution < 1.29 is 14.3 Å². The van der Waals surface area contributed by atoms with Gasteiger partial charge in [-0.1, -0.05) is 28.1 Å². The molecule has 2 N–H and O–H groups in total. The number of nitrogens with one attached hydrogen (secondary N) is 2. The highest BCUT2D eigenvalue weighted by Gasteiger charge is 2.18. The standard InChI is InChI=1S/C25H24BrN3O3/c1-31-23-14-17-11-12-27-22(21(17)15-24(23)32-2)13-16-3-7-19(8-4-16)28-25(30)29-20-9-5-18(26)6-10-20/h3-10,14-15H,11-13H2,1-2H3,(H2,28,29,30). The Kier molecular flexibility index (Phi) is 6.75. The zero-order chi connectivity index (χ0) is 22.5. The Bertz CT molecular complexity index is 1140. The minimum atomic E-state index is -0.285. The number of hydrogen-bond donors (Lipinski definition) is 2. The number of aliphatic imine (C=N–C) groups is 1. The molecule has 164 valence electrons. The van der Waals surface area contributed by atoms with Crippen molar-refractivity contribution in [3.8, 4) is 11.5 Å². The average Bonchev–Trinajstić information content (AvgIpc) is 2.81. The van der Waals surface area contributed by atoms with E-state index in [1.54, 1.807) is 14.2 Å². The molecule has 0 bridgehead atoms. The van der Waals surface area contributed by atoms with Gasteiger partial charge in [-0.25, -0.2) is 4.79 Å². The number of urea groups is 1. The van der Waals surface area contributed by atoms with Gasteiger partial charge in [0, 0.05) is 40.1 Å². The second kappa shape index (κ2) is 9.87. The van der Waals surface area contributed by atoms with Gasteiger partial charge in [0.1, 0.15) is 0 Å². The molecule has 1 aliphatic heterocycles. The van der Waals surface area contributed by atoms with E-state index in [1.165, 1.54) is 5.56 Å². The van der Waals surface area contributed by atoms with Crippen molar-refractivity contribution in [2.75, 3.05) is 31.4 Å². The van der Waals surface area contributed by atoms with E-state index in [0.29, 0.717) is 12.2 Å². The van der Waals surface area contributed by atoms with E-state index >= 15 is 0 Å². The van der Waals surface area contributed by atoms with Crippen LogP contribution in [0.5, 0.6) is 11.5 Å². The Morgan fingerprint density at radius 3 is 2.16 bits per heavy atom. The monoisotopic (exact) mass is 493 g/mol. The summed E-state index contributed by atoms with van der Waals surface area (Å²) in [6.07, 6.45) is 1.59. The maximum absolute atomic E-state index is 12.2. The van der Waals surface area contributed by atoms with Crippen molar-refractivity contribution in [2.45, 2.75) is 12.8 Å². The molecule has 0 fully saturated rings. The molecule has 2 amide bonds. The fraction of sp³-hybridized carbons (Fsp3) is 0.200. The minimum absolute atomic E-state index is 0.285. The van der Waals surface area contributed by atoms with E-state index in [9.17, 15) is 4.79 Å². The van der Waals surface area contributed by atoms with Gasteiger partial charge in [0.05, 0.1) is 14.2 Å². The van der Waals surface area contributed by atoms with Crippen molar-refractivity contribution in [1.82, 2.24) is 0 Å². The Labute approximate surface area is 195 Å². The third-order valence-corrected chi connectivity index (χ3v) is 5.82. The topological polar surface area (TPSA) is 72.0 Å². The van der Waals surface area contributed by atoms with Crippen LogP contribution in [0, 0.1) is 0 Å². The molecular weight excluding hydrogens is 470 g/mol. The first-order valence-corrected chi connectivity index (χ1v) is 11.1. The summed E-state index contributed by atoms with van der Waals surface area (Å²) in [5.41, 5.74) is 5.91. The summed E-state index contributed by atoms with van der Waals surface area (Å²) in [5.74, 6) is 1.45. The van der Waals surface area contributed by atoms with Crippen LogP contribution in [0.1, 0.15) is 16.7 Å². The number of fused-ring (bicyclic) bond motifs is 1. The molecule has 0 unspecified atom stereocenters. The first-order valence-electron chi connectivity index (χ1n) is 10.3. The van der Waals surface area contributed by atoms with Crippen molar-refractivity contribution in [2.24, 2.45) is 4.99 Å². The number of benzene rings is 3. The summed E-state index contributed by atoms with van der Waals surface area (Å²) in [7, 11) is 3.29. The molecule has 6 nitrogen and oxygen atoms in total. The number of nitrogens with zero attached hydrogens (tertiary/aromatic N) is 1. The number of hydrogen-bond acceptors (Lipinski definition) is 4. The molecule has 1 heterocycles. The fourth-order valence-corrected chi connectivity index (χ4v) is 3.93. The largest absolute Gasteiger partial charge is 0.493 e. The second-order valence-corrected chi connectivity index (χ2v) is 8.32. The Morgan fingerprint density at radius 2 is 1.53 bits per heavy atom. The van der Waals surface area contributed by atoms with Crippen LogP contribution in [-0.2, 0) is 12.8 Å². The van der Waals surface area contributed by atoms with Crippen LogP contribution in [0.3, 0.4) is 0 Å². The van der Waals surface area contributed by atoms with Gasteiger partial charge in [-0.2, -0.15) is 0 Å². The maximum atomic E-state index is 12.2. The maximum Gasteiger partial charge on any atom is 0.323 e. The van der Waals surface area contributed by atoms with E-state index in [4.69, 9.17) is 14.5 Å². The van der Waals surface area contributed by atoms with Crippen molar-refractivity contribution >= 4 is 39.0 Å². The lowest BCUT2D eigenvalue weighted by atomic mass is 9.93. The number of rotatable bonds is 6. The lowest BCUT2D eigenvalue weighted by molar-refractivity contribution is 0.262. The third kappa shape index (κ3) is 5.11. The van der Waals surface area contributed by atoms with Gasteiger partial charge in [0.2, 0.25) is 0 Å². The molecule has 3 aromatic carbocycles. The normalized spacial score (nSPS) is 12.4. The minimum Gasteiger partial charge on any atom is -0.493 e. The SMILES string of the molecule is COc1cc2c(cc1OC)C(Cc1ccc(NC(=O)Nc3ccc(Br)cc3)cc1)=NCC2. The van der Waals surface area contributed by atoms with Crippen LogP contribution in [0.15, 0.2) is 70.1 Å². The number of anilines is 2. The number of methoxy groups -OCH3 is 2. The summed E-state index contributed by atoms with van der Waals surface area (Å²) in [6.45, 7) is 0.758. The zero-order valence-corrected chi connectivity index (χ0v) is 19.5. The molecule has 0 spiro atoms. The second-order valence-electron chi connectivity index (χ2n) is 7.40. The smallest absolute Gasteiger partial charge is 0.323 e. The molecule has 0 aliphatic carbocycles. The van der Waals surface area contributed by atoms with Crippen LogP contribution in [0.25, 0.3) is 0 Å². The number of amides is 2. The van der Waals surface area contributed by atoms with Crippen LogP contribution >= 0.6 is 15.9 Å². The molecule has 32 heavy (non-hydrogen) atoms. The lowest BCUT2D eigenvalue weighted by Crippen LogP contribution is -2.19. The van der Waals surface area contributed by atoms with E-state index in [1.807, 2.05) is 60.7 Å². The molecule has 0 atom stereocenters. The van der Waals surface area contributed by atoms with Crippen molar-refractivity contribution in [1.29, 1.82) is 0 Å². The van der Waals surface area contributed by atoms with Crippen LogP contribution in [-0.4, -0.2) is 32.5 Å². The van der Waals surface area contributed by atoms with Gasteiger partial charge in [0.15, 0.2) is 11.5 Å². The van der Waals surface area contributed by atoms with Gasteiger partial charge in [-0.3, -0.25) is 4.99 Å². The number of carbonyl (C=O) groups is 1.